The van der Waals surface area contributed by atoms with Gasteiger partial charge in [-0.05, 0) is 30.7 Å². The molecule has 1 aromatic rings. The molecular formula is C15H21ClN2O3S. The van der Waals surface area contributed by atoms with Crippen LogP contribution in [-0.4, -0.2) is 49.9 Å². The van der Waals surface area contributed by atoms with Crippen LogP contribution >= 0.6 is 11.6 Å². The summed E-state index contributed by atoms with van der Waals surface area (Å²) in [5.41, 5.74) is 1.09. The molecule has 0 spiro atoms. The number of carbonyl (C=O) groups excluding carboxylic acids is 1. The number of nitrogens with one attached hydrogen (secondary N) is 1. The Kier molecular flexibility index (Phi) is 5.83. The quantitative estimate of drug-likeness (QED) is 0.848. The first-order chi connectivity index (χ1) is 10.4. The molecule has 7 heteroatoms. The van der Waals surface area contributed by atoms with Crippen LogP contribution in [0.15, 0.2) is 24.3 Å². The van der Waals surface area contributed by atoms with E-state index in [1.165, 1.54) is 0 Å². The third-order valence-electron chi connectivity index (χ3n) is 3.73. The fourth-order valence-electron chi connectivity index (χ4n) is 2.51. The van der Waals surface area contributed by atoms with E-state index in [9.17, 15) is 13.2 Å². The van der Waals surface area contributed by atoms with Crippen molar-refractivity contribution in [3.05, 3.63) is 34.9 Å². The number of hydrogen-bond acceptors (Lipinski definition) is 4. The van der Waals surface area contributed by atoms with Crippen LogP contribution in [0.25, 0.3) is 0 Å². The van der Waals surface area contributed by atoms with Gasteiger partial charge in [0.25, 0.3) is 0 Å². The molecule has 1 heterocycles. The predicted octanol–water partition coefficient (Wildman–Crippen LogP) is 1.47. The number of rotatable bonds is 6. The minimum Gasteiger partial charge on any atom is -0.351 e. The number of nitrogens with zero attached hydrogens (tertiary/aromatic N) is 1. The lowest BCUT2D eigenvalue weighted by Gasteiger charge is -2.21. The first-order valence-electron chi connectivity index (χ1n) is 7.34. The molecule has 0 bridgehead atoms. The Labute approximate surface area is 136 Å². The Morgan fingerprint density at radius 3 is 2.59 bits per heavy atom. The fraction of sp³-hybridized carbons (Fsp3) is 0.533. The molecule has 1 amide bonds. The van der Waals surface area contributed by atoms with Gasteiger partial charge in [0, 0.05) is 17.6 Å². The third kappa shape index (κ3) is 5.26. The van der Waals surface area contributed by atoms with E-state index in [1.807, 2.05) is 36.1 Å². The van der Waals surface area contributed by atoms with Crippen molar-refractivity contribution in [2.45, 2.75) is 25.9 Å². The standard InChI is InChI=1S/C15H21ClN2O3S/c1-2-18(9-12-3-5-13(16)6-4-12)10-15(19)17-14-7-8-22(20,21)11-14/h3-6,14H,2,7-11H2,1H3,(H,17,19)/t14-/m1/s1. The van der Waals surface area contributed by atoms with Crippen molar-refractivity contribution in [3.63, 3.8) is 0 Å². The average Bonchev–Trinajstić information content (AvgIpc) is 2.79. The maximum atomic E-state index is 12.1. The predicted molar refractivity (Wildman–Crippen MR) is 87.6 cm³/mol. The summed E-state index contributed by atoms with van der Waals surface area (Å²) in [5, 5.41) is 3.50. The highest BCUT2D eigenvalue weighted by Crippen LogP contribution is 2.13. The minimum atomic E-state index is -2.97. The van der Waals surface area contributed by atoms with E-state index in [0.717, 1.165) is 12.1 Å². The summed E-state index contributed by atoms with van der Waals surface area (Å²) in [6.07, 6.45) is 0.511. The monoisotopic (exact) mass is 344 g/mol. The van der Waals surface area contributed by atoms with Crippen LogP contribution in [0.1, 0.15) is 18.9 Å². The minimum absolute atomic E-state index is 0.0576. The van der Waals surface area contributed by atoms with Gasteiger partial charge in [0.1, 0.15) is 0 Å². The van der Waals surface area contributed by atoms with Gasteiger partial charge in [0.05, 0.1) is 18.1 Å². The lowest BCUT2D eigenvalue weighted by Crippen LogP contribution is -2.42. The molecule has 1 atom stereocenters. The van der Waals surface area contributed by atoms with Crippen molar-refractivity contribution < 1.29 is 13.2 Å². The summed E-state index contributed by atoms with van der Waals surface area (Å²) in [5.74, 6) is 0.0975. The Morgan fingerprint density at radius 2 is 2.05 bits per heavy atom. The van der Waals surface area contributed by atoms with Crippen LogP contribution in [-0.2, 0) is 21.2 Å². The number of halogens is 1. The normalized spacial score (nSPS) is 20.2. The SMILES string of the molecule is CCN(CC(=O)N[C@@H]1CCS(=O)(=O)C1)Cc1ccc(Cl)cc1. The smallest absolute Gasteiger partial charge is 0.234 e. The van der Waals surface area contributed by atoms with Gasteiger partial charge in [-0.25, -0.2) is 8.42 Å². The highest BCUT2D eigenvalue weighted by Gasteiger charge is 2.29. The molecule has 0 unspecified atom stereocenters. The van der Waals surface area contributed by atoms with Gasteiger partial charge in [-0.1, -0.05) is 30.7 Å². The molecule has 22 heavy (non-hydrogen) atoms. The van der Waals surface area contributed by atoms with Crippen molar-refractivity contribution in [1.29, 1.82) is 0 Å². The number of carbonyl (C=O) groups is 1. The highest BCUT2D eigenvalue weighted by atomic mass is 35.5. The van der Waals surface area contributed by atoms with Crippen LogP contribution in [0.4, 0.5) is 0 Å². The molecule has 0 saturated carbocycles. The number of hydrogen-bond donors (Lipinski definition) is 1. The van der Waals surface area contributed by atoms with Crippen LogP contribution in [0.5, 0.6) is 0 Å². The number of likely N-dealkylation sites (N-methyl/N-ethyl adjacent to an activating group) is 1. The first kappa shape index (κ1) is 17.2. The maximum absolute atomic E-state index is 12.1. The molecule has 1 aromatic carbocycles. The first-order valence-corrected chi connectivity index (χ1v) is 9.54. The maximum Gasteiger partial charge on any atom is 0.234 e. The Hall–Kier alpha value is -1.11. The second-order valence-electron chi connectivity index (χ2n) is 5.60. The molecule has 1 saturated heterocycles. The summed E-state index contributed by atoms with van der Waals surface area (Å²) in [4.78, 5) is 14.1. The molecule has 1 fully saturated rings. The van der Waals surface area contributed by atoms with E-state index in [4.69, 9.17) is 11.6 Å². The van der Waals surface area contributed by atoms with Crippen LogP contribution < -0.4 is 5.32 Å². The second kappa shape index (κ2) is 7.44. The molecule has 5 nitrogen and oxygen atoms in total. The third-order valence-corrected chi connectivity index (χ3v) is 5.75. The summed E-state index contributed by atoms with van der Waals surface area (Å²) in [6.45, 7) is 3.64. The van der Waals surface area contributed by atoms with Crippen molar-refractivity contribution >= 4 is 27.3 Å². The summed E-state index contributed by atoms with van der Waals surface area (Å²) >= 11 is 5.86. The zero-order valence-electron chi connectivity index (χ0n) is 12.6. The van der Waals surface area contributed by atoms with E-state index >= 15 is 0 Å². The van der Waals surface area contributed by atoms with Crippen molar-refractivity contribution in [3.8, 4) is 0 Å². The lowest BCUT2D eigenvalue weighted by atomic mass is 10.2. The van der Waals surface area contributed by atoms with Gasteiger partial charge in [-0.3, -0.25) is 9.69 Å². The molecule has 122 valence electrons. The largest absolute Gasteiger partial charge is 0.351 e. The number of amides is 1. The summed E-state index contributed by atoms with van der Waals surface area (Å²) < 4.78 is 22.8. The average molecular weight is 345 g/mol. The Balaban J connectivity index is 1.84. The lowest BCUT2D eigenvalue weighted by molar-refractivity contribution is -0.122. The van der Waals surface area contributed by atoms with E-state index in [-0.39, 0.29) is 30.0 Å². The Bertz CT molecular complexity index is 616. The van der Waals surface area contributed by atoms with Crippen molar-refractivity contribution in [2.24, 2.45) is 0 Å². The molecular weight excluding hydrogens is 324 g/mol. The zero-order chi connectivity index (χ0) is 16.2. The van der Waals surface area contributed by atoms with Gasteiger partial charge in [0.2, 0.25) is 5.91 Å². The van der Waals surface area contributed by atoms with E-state index < -0.39 is 9.84 Å². The van der Waals surface area contributed by atoms with Gasteiger partial charge >= 0.3 is 0 Å². The van der Waals surface area contributed by atoms with Gasteiger partial charge < -0.3 is 5.32 Å². The number of sulfone groups is 1. The molecule has 0 radical (unpaired) electrons. The topological polar surface area (TPSA) is 66.5 Å². The van der Waals surface area contributed by atoms with E-state index in [2.05, 4.69) is 5.32 Å². The molecule has 1 N–H and O–H groups in total. The Morgan fingerprint density at radius 1 is 1.36 bits per heavy atom. The zero-order valence-corrected chi connectivity index (χ0v) is 14.2. The summed E-state index contributed by atoms with van der Waals surface area (Å²) in [7, 11) is -2.97. The molecule has 1 aliphatic heterocycles. The van der Waals surface area contributed by atoms with Crippen LogP contribution in [0.2, 0.25) is 5.02 Å². The fourth-order valence-corrected chi connectivity index (χ4v) is 4.31. The molecule has 0 aliphatic carbocycles. The molecule has 2 rings (SSSR count). The molecule has 0 aromatic heterocycles. The highest BCUT2D eigenvalue weighted by molar-refractivity contribution is 7.91. The number of benzene rings is 1. The second-order valence-corrected chi connectivity index (χ2v) is 8.26. The van der Waals surface area contributed by atoms with Crippen LogP contribution in [0, 0.1) is 0 Å². The van der Waals surface area contributed by atoms with Crippen molar-refractivity contribution in [1.82, 2.24) is 10.2 Å². The van der Waals surface area contributed by atoms with Gasteiger partial charge in [0.15, 0.2) is 9.84 Å². The van der Waals surface area contributed by atoms with Crippen molar-refractivity contribution in [2.75, 3.05) is 24.6 Å². The van der Waals surface area contributed by atoms with E-state index in [0.29, 0.717) is 18.0 Å². The van der Waals surface area contributed by atoms with E-state index in [1.54, 1.807) is 0 Å². The van der Waals surface area contributed by atoms with Gasteiger partial charge in [-0.15, -0.1) is 0 Å². The van der Waals surface area contributed by atoms with Crippen LogP contribution in [0.3, 0.4) is 0 Å². The summed E-state index contributed by atoms with van der Waals surface area (Å²) in [6, 6.07) is 7.29. The van der Waals surface area contributed by atoms with Gasteiger partial charge in [-0.2, -0.15) is 0 Å². The molecule has 1 aliphatic rings.